The quantitative estimate of drug-likeness (QED) is 0.921. The van der Waals surface area contributed by atoms with E-state index in [2.05, 4.69) is 83.3 Å². The Morgan fingerprint density at radius 1 is 1.42 bits per heavy atom. The van der Waals surface area contributed by atoms with Gasteiger partial charge in [0.1, 0.15) is 0 Å². The standard InChI is InChI=1S/C15H24BrN3/c1-15(2)11-19(13-7-5-6-12(16)8-13)14(9-17-15)10-18(3)4/h5-8,14,17H,9-11H2,1-4H3. The minimum atomic E-state index is 0.158. The zero-order valence-corrected chi connectivity index (χ0v) is 13.9. The van der Waals surface area contributed by atoms with Gasteiger partial charge in [-0.2, -0.15) is 0 Å². The van der Waals surface area contributed by atoms with Crippen LogP contribution in [0.4, 0.5) is 5.69 Å². The van der Waals surface area contributed by atoms with Crippen molar-refractivity contribution in [3.8, 4) is 0 Å². The third kappa shape index (κ3) is 3.94. The van der Waals surface area contributed by atoms with Crippen molar-refractivity contribution in [2.24, 2.45) is 0 Å². The molecule has 0 aromatic heterocycles. The van der Waals surface area contributed by atoms with Gasteiger partial charge in [-0.15, -0.1) is 0 Å². The molecule has 4 heteroatoms. The van der Waals surface area contributed by atoms with Gasteiger partial charge in [0.2, 0.25) is 0 Å². The second-order valence-electron chi connectivity index (χ2n) is 6.29. The molecule has 0 spiro atoms. The number of hydrogen-bond acceptors (Lipinski definition) is 3. The number of hydrogen-bond donors (Lipinski definition) is 1. The first kappa shape index (κ1) is 14.8. The smallest absolute Gasteiger partial charge is 0.0542 e. The van der Waals surface area contributed by atoms with Crippen molar-refractivity contribution in [3.63, 3.8) is 0 Å². The zero-order chi connectivity index (χ0) is 14.0. The molecule has 106 valence electrons. The topological polar surface area (TPSA) is 18.5 Å². The van der Waals surface area contributed by atoms with Crippen molar-refractivity contribution in [2.75, 3.05) is 38.6 Å². The predicted octanol–water partition coefficient (Wildman–Crippen LogP) is 2.57. The van der Waals surface area contributed by atoms with Crippen molar-refractivity contribution in [3.05, 3.63) is 28.7 Å². The van der Waals surface area contributed by atoms with Crippen LogP contribution in [0.2, 0.25) is 0 Å². The summed E-state index contributed by atoms with van der Waals surface area (Å²) in [5.41, 5.74) is 1.46. The summed E-state index contributed by atoms with van der Waals surface area (Å²) in [6.45, 7) is 7.66. The number of likely N-dealkylation sites (N-methyl/N-ethyl adjacent to an activating group) is 1. The lowest BCUT2D eigenvalue weighted by Crippen LogP contribution is -2.63. The molecule has 2 rings (SSSR count). The number of piperazine rings is 1. The highest BCUT2D eigenvalue weighted by molar-refractivity contribution is 9.10. The van der Waals surface area contributed by atoms with Crippen LogP contribution >= 0.6 is 15.9 Å². The Balaban J connectivity index is 2.24. The van der Waals surface area contributed by atoms with Gasteiger partial charge in [-0.1, -0.05) is 22.0 Å². The maximum atomic E-state index is 3.65. The summed E-state index contributed by atoms with van der Waals surface area (Å²) in [6.07, 6.45) is 0. The van der Waals surface area contributed by atoms with Gasteiger partial charge in [0.05, 0.1) is 6.04 Å². The summed E-state index contributed by atoms with van der Waals surface area (Å²) < 4.78 is 1.14. The molecule has 1 aliphatic rings. The number of benzene rings is 1. The highest BCUT2D eigenvalue weighted by atomic mass is 79.9. The van der Waals surface area contributed by atoms with Crippen molar-refractivity contribution in [2.45, 2.75) is 25.4 Å². The summed E-state index contributed by atoms with van der Waals surface area (Å²) in [7, 11) is 4.28. The van der Waals surface area contributed by atoms with Crippen LogP contribution in [-0.2, 0) is 0 Å². The van der Waals surface area contributed by atoms with Crippen LogP contribution < -0.4 is 10.2 Å². The fourth-order valence-electron chi connectivity index (χ4n) is 2.66. The normalized spacial score (nSPS) is 22.8. The van der Waals surface area contributed by atoms with Gasteiger partial charge in [-0.3, -0.25) is 0 Å². The van der Waals surface area contributed by atoms with E-state index in [0.717, 1.165) is 24.1 Å². The largest absolute Gasteiger partial charge is 0.364 e. The van der Waals surface area contributed by atoms with E-state index >= 15 is 0 Å². The van der Waals surface area contributed by atoms with Gasteiger partial charge < -0.3 is 15.1 Å². The lowest BCUT2D eigenvalue weighted by atomic mass is 9.97. The van der Waals surface area contributed by atoms with E-state index in [-0.39, 0.29) is 5.54 Å². The molecule has 1 saturated heterocycles. The van der Waals surface area contributed by atoms with Gasteiger partial charge in [-0.25, -0.2) is 0 Å². The number of anilines is 1. The van der Waals surface area contributed by atoms with E-state index in [4.69, 9.17) is 0 Å². The Labute approximate surface area is 125 Å². The van der Waals surface area contributed by atoms with E-state index < -0.39 is 0 Å². The lowest BCUT2D eigenvalue weighted by molar-refractivity contribution is 0.268. The average Bonchev–Trinajstić information content (AvgIpc) is 2.31. The van der Waals surface area contributed by atoms with Gasteiger partial charge in [-0.05, 0) is 46.1 Å². The molecule has 3 nitrogen and oxygen atoms in total. The second-order valence-corrected chi connectivity index (χ2v) is 7.20. The molecule has 0 aliphatic carbocycles. The van der Waals surface area contributed by atoms with Crippen LogP contribution in [0.1, 0.15) is 13.8 Å². The van der Waals surface area contributed by atoms with E-state index in [1.807, 2.05) is 0 Å². The monoisotopic (exact) mass is 325 g/mol. The third-order valence-corrected chi connectivity index (χ3v) is 4.03. The van der Waals surface area contributed by atoms with Crippen LogP contribution in [0.15, 0.2) is 28.7 Å². The van der Waals surface area contributed by atoms with E-state index in [1.165, 1.54) is 5.69 Å². The maximum absolute atomic E-state index is 3.65. The molecule has 1 N–H and O–H groups in total. The van der Waals surface area contributed by atoms with Crippen molar-refractivity contribution >= 4 is 21.6 Å². The molecule has 1 aromatic rings. The summed E-state index contributed by atoms with van der Waals surface area (Å²) in [4.78, 5) is 4.79. The summed E-state index contributed by atoms with van der Waals surface area (Å²) in [6, 6.07) is 9.12. The molecule has 1 fully saturated rings. The minimum absolute atomic E-state index is 0.158. The molecule has 0 saturated carbocycles. The fraction of sp³-hybridized carbons (Fsp3) is 0.600. The molecule has 1 heterocycles. The lowest BCUT2D eigenvalue weighted by Gasteiger charge is -2.46. The molecule has 19 heavy (non-hydrogen) atoms. The molecular weight excluding hydrogens is 302 g/mol. The van der Waals surface area contributed by atoms with Gasteiger partial charge in [0.25, 0.3) is 0 Å². The molecule has 0 bridgehead atoms. The third-order valence-electron chi connectivity index (χ3n) is 3.54. The SMILES string of the molecule is CN(C)CC1CNC(C)(C)CN1c1cccc(Br)c1. The van der Waals surface area contributed by atoms with E-state index in [1.54, 1.807) is 0 Å². The van der Waals surface area contributed by atoms with Gasteiger partial charge in [0.15, 0.2) is 0 Å². The van der Waals surface area contributed by atoms with E-state index in [0.29, 0.717) is 6.04 Å². The maximum Gasteiger partial charge on any atom is 0.0542 e. The Kier molecular flexibility index (Phi) is 4.54. The first-order valence-electron chi connectivity index (χ1n) is 6.79. The zero-order valence-electron chi connectivity index (χ0n) is 12.3. The van der Waals surface area contributed by atoms with E-state index in [9.17, 15) is 0 Å². The van der Waals surface area contributed by atoms with Crippen LogP contribution in [0.3, 0.4) is 0 Å². The second kappa shape index (κ2) is 5.81. The Morgan fingerprint density at radius 3 is 2.79 bits per heavy atom. The minimum Gasteiger partial charge on any atom is -0.364 e. The highest BCUT2D eigenvalue weighted by Crippen LogP contribution is 2.26. The van der Waals surface area contributed by atoms with Crippen LogP contribution in [0.25, 0.3) is 0 Å². The highest BCUT2D eigenvalue weighted by Gasteiger charge is 2.32. The predicted molar refractivity (Wildman–Crippen MR) is 85.9 cm³/mol. The molecule has 1 atom stereocenters. The average molecular weight is 326 g/mol. The molecule has 0 amide bonds. The molecule has 1 aromatic carbocycles. The molecule has 1 aliphatic heterocycles. The van der Waals surface area contributed by atoms with Crippen LogP contribution in [-0.4, -0.2) is 50.2 Å². The Bertz CT molecular complexity index is 431. The molecule has 0 radical (unpaired) electrons. The first-order valence-corrected chi connectivity index (χ1v) is 7.59. The van der Waals surface area contributed by atoms with Crippen LogP contribution in [0, 0.1) is 0 Å². The summed E-state index contributed by atoms with van der Waals surface area (Å²) in [5, 5.41) is 3.65. The number of nitrogens with one attached hydrogen (secondary N) is 1. The van der Waals surface area contributed by atoms with Crippen molar-refractivity contribution in [1.29, 1.82) is 0 Å². The molecule has 1 unspecified atom stereocenters. The summed E-state index contributed by atoms with van der Waals surface area (Å²) >= 11 is 3.58. The number of halogens is 1. The number of nitrogens with zero attached hydrogens (tertiary/aromatic N) is 2. The molecular formula is C15H24BrN3. The first-order chi connectivity index (χ1) is 8.87. The number of rotatable bonds is 3. The van der Waals surface area contributed by atoms with Crippen molar-refractivity contribution < 1.29 is 0 Å². The van der Waals surface area contributed by atoms with Gasteiger partial charge >= 0.3 is 0 Å². The fourth-order valence-corrected chi connectivity index (χ4v) is 3.04. The van der Waals surface area contributed by atoms with Crippen LogP contribution in [0.5, 0.6) is 0 Å². The summed E-state index contributed by atoms with van der Waals surface area (Å²) in [5.74, 6) is 0. The van der Waals surface area contributed by atoms with Gasteiger partial charge in [0, 0.05) is 35.3 Å². The Morgan fingerprint density at radius 2 is 2.16 bits per heavy atom. The Hall–Kier alpha value is -0.580. The van der Waals surface area contributed by atoms with Crippen molar-refractivity contribution in [1.82, 2.24) is 10.2 Å².